The molecule has 3 aromatic rings. The summed E-state index contributed by atoms with van der Waals surface area (Å²) in [7, 11) is 1.79. The first-order chi connectivity index (χ1) is 14.2. The summed E-state index contributed by atoms with van der Waals surface area (Å²) in [5.41, 5.74) is 2.76. The Morgan fingerprint density at radius 2 is 2.00 bits per heavy atom. The number of ether oxygens (including phenoxy) is 1. The number of para-hydroxylation sites is 1. The molecule has 6 nitrogen and oxygen atoms in total. The highest BCUT2D eigenvalue weighted by atomic mass is 16.5. The van der Waals surface area contributed by atoms with Gasteiger partial charge in [-0.05, 0) is 49.4 Å². The maximum atomic E-state index is 12.6. The lowest BCUT2D eigenvalue weighted by molar-refractivity contribution is 0.295. The minimum absolute atomic E-state index is 0.0604. The highest BCUT2D eigenvalue weighted by Gasteiger charge is 2.22. The number of hydrogen-bond acceptors (Lipinski definition) is 5. The zero-order valence-electron chi connectivity index (χ0n) is 16.9. The van der Waals surface area contributed by atoms with Crippen molar-refractivity contribution in [2.24, 2.45) is 13.0 Å². The molecule has 1 atom stereocenters. The average Bonchev–Trinajstić information content (AvgIpc) is 2.96. The Balaban J connectivity index is 1.62. The van der Waals surface area contributed by atoms with Gasteiger partial charge in [0.25, 0.3) is 5.56 Å². The molecule has 6 heteroatoms. The van der Waals surface area contributed by atoms with E-state index in [2.05, 4.69) is 28.9 Å². The maximum absolute atomic E-state index is 12.6. The molecule has 29 heavy (non-hydrogen) atoms. The van der Waals surface area contributed by atoms with Gasteiger partial charge in [-0.1, -0.05) is 18.2 Å². The summed E-state index contributed by atoms with van der Waals surface area (Å²) in [6, 6.07) is 13.6. The standard InChI is InChI=1S/C23H26N4O2/c1-3-27(16-17-10-13-29-21-7-5-4-6-19(21)14-17)23-25-20(15-22(28)26(23)2)18-8-11-24-12-9-18/h4-9,11-12,15,17H,3,10,13-14,16H2,1-2H3. The van der Waals surface area contributed by atoms with E-state index in [0.717, 1.165) is 37.2 Å². The van der Waals surface area contributed by atoms with Gasteiger partial charge in [0.05, 0.1) is 12.3 Å². The van der Waals surface area contributed by atoms with Crippen molar-refractivity contribution in [3.8, 4) is 17.0 Å². The SMILES string of the molecule is CCN(CC1CCOc2ccccc2C1)c1nc(-c2ccncc2)cc(=O)n1C. The van der Waals surface area contributed by atoms with Crippen LogP contribution in [0.1, 0.15) is 18.9 Å². The minimum atomic E-state index is -0.0604. The molecule has 0 amide bonds. The number of fused-ring (bicyclic) bond motifs is 1. The minimum Gasteiger partial charge on any atom is -0.493 e. The van der Waals surface area contributed by atoms with Gasteiger partial charge >= 0.3 is 0 Å². The van der Waals surface area contributed by atoms with E-state index in [9.17, 15) is 4.79 Å². The monoisotopic (exact) mass is 390 g/mol. The first kappa shape index (κ1) is 19.2. The largest absolute Gasteiger partial charge is 0.493 e. The van der Waals surface area contributed by atoms with E-state index in [1.54, 1.807) is 30.1 Å². The predicted octanol–water partition coefficient (Wildman–Crippen LogP) is 3.31. The number of aromatic nitrogens is 3. The van der Waals surface area contributed by atoms with Gasteiger partial charge in [-0.25, -0.2) is 4.98 Å². The molecular formula is C23H26N4O2. The second-order valence-electron chi connectivity index (χ2n) is 7.43. The molecule has 0 spiro atoms. The van der Waals surface area contributed by atoms with Crippen LogP contribution < -0.4 is 15.2 Å². The average molecular weight is 390 g/mol. The lowest BCUT2D eigenvalue weighted by Gasteiger charge is -2.28. The van der Waals surface area contributed by atoms with Crippen molar-refractivity contribution in [1.82, 2.24) is 14.5 Å². The van der Waals surface area contributed by atoms with Gasteiger partial charge in [-0.15, -0.1) is 0 Å². The van der Waals surface area contributed by atoms with E-state index < -0.39 is 0 Å². The second kappa shape index (κ2) is 8.47. The van der Waals surface area contributed by atoms with Crippen molar-refractivity contribution in [2.75, 3.05) is 24.6 Å². The smallest absolute Gasteiger partial charge is 0.255 e. The van der Waals surface area contributed by atoms with Crippen LogP contribution in [0.2, 0.25) is 0 Å². The number of benzene rings is 1. The van der Waals surface area contributed by atoms with Gasteiger partial charge in [0, 0.05) is 44.2 Å². The summed E-state index contributed by atoms with van der Waals surface area (Å²) in [6.45, 7) is 4.42. The predicted molar refractivity (Wildman–Crippen MR) is 114 cm³/mol. The van der Waals surface area contributed by atoms with E-state index in [1.165, 1.54) is 5.56 Å². The van der Waals surface area contributed by atoms with Crippen molar-refractivity contribution < 1.29 is 4.74 Å². The van der Waals surface area contributed by atoms with E-state index in [0.29, 0.717) is 24.2 Å². The zero-order valence-corrected chi connectivity index (χ0v) is 16.9. The van der Waals surface area contributed by atoms with Crippen molar-refractivity contribution in [3.05, 3.63) is 70.8 Å². The van der Waals surface area contributed by atoms with E-state index in [-0.39, 0.29) is 5.56 Å². The molecule has 1 aliphatic heterocycles. The summed E-state index contributed by atoms with van der Waals surface area (Å²) >= 11 is 0. The number of hydrogen-bond donors (Lipinski definition) is 0. The van der Waals surface area contributed by atoms with Crippen LogP contribution in [-0.2, 0) is 13.5 Å². The van der Waals surface area contributed by atoms with Gasteiger partial charge in [-0.3, -0.25) is 14.3 Å². The van der Waals surface area contributed by atoms with Crippen LogP contribution in [0, 0.1) is 5.92 Å². The summed E-state index contributed by atoms with van der Waals surface area (Å²) in [4.78, 5) is 23.7. The fourth-order valence-corrected chi connectivity index (χ4v) is 3.86. The van der Waals surface area contributed by atoms with Gasteiger partial charge < -0.3 is 9.64 Å². The fourth-order valence-electron chi connectivity index (χ4n) is 3.86. The topological polar surface area (TPSA) is 60.2 Å². The Kier molecular flexibility index (Phi) is 5.60. The van der Waals surface area contributed by atoms with Crippen LogP contribution in [0.4, 0.5) is 5.95 Å². The van der Waals surface area contributed by atoms with Crippen LogP contribution >= 0.6 is 0 Å². The molecule has 150 valence electrons. The molecule has 0 fully saturated rings. The quantitative estimate of drug-likeness (QED) is 0.669. The van der Waals surface area contributed by atoms with Crippen LogP contribution in [0.15, 0.2) is 59.7 Å². The van der Waals surface area contributed by atoms with Crippen LogP contribution in [0.25, 0.3) is 11.3 Å². The number of pyridine rings is 1. The summed E-state index contributed by atoms with van der Waals surface area (Å²) in [6.07, 6.45) is 5.37. The van der Waals surface area contributed by atoms with Crippen LogP contribution in [0.3, 0.4) is 0 Å². The lowest BCUT2D eigenvalue weighted by Crippen LogP contribution is -2.36. The van der Waals surface area contributed by atoms with Gasteiger partial charge in [0.2, 0.25) is 5.95 Å². The van der Waals surface area contributed by atoms with Crippen molar-refractivity contribution >= 4 is 5.95 Å². The van der Waals surface area contributed by atoms with Crippen LogP contribution in [0.5, 0.6) is 5.75 Å². The molecule has 0 saturated carbocycles. The molecule has 1 aliphatic rings. The molecule has 0 radical (unpaired) electrons. The van der Waals surface area contributed by atoms with Gasteiger partial charge in [-0.2, -0.15) is 0 Å². The first-order valence-corrected chi connectivity index (χ1v) is 10.1. The Morgan fingerprint density at radius 3 is 2.79 bits per heavy atom. The van der Waals surface area contributed by atoms with E-state index >= 15 is 0 Å². The summed E-state index contributed by atoms with van der Waals surface area (Å²) < 4.78 is 7.56. The molecule has 0 saturated heterocycles. The Labute approximate surface area is 170 Å². The number of rotatable bonds is 5. The normalized spacial score (nSPS) is 15.9. The third-order valence-corrected chi connectivity index (χ3v) is 5.50. The highest BCUT2D eigenvalue weighted by Crippen LogP contribution is 2.28. The number of anilines is 1. The third kappa shape index (κ3) is 4.16. The first-order valence-electron chi connectivity index (χ1n) is 10.1. The lowest BCUT2D eigenvalue weighted by atomic mass is 9.96. The summed E-state index contributed by atoms with van der Waals surface area (Å²) in [5.74, 6) is 2.12. The second-order valence-corrected chi connectivity index (χ2v) is 7.43. The Hall–Kier alpha value is -3.15. The van der Waals surface area contributed by atoms with Crippen molar-refractivity contribution in [2.45, 2.75) is 19.8 Å². The number of nitrogens with zero attached hydrogens (tertiary/aromatic N) is 4. The molecule has 1 unspecified atom stereocenters. The summed E-state index contributed by atoms with van der Waals surface area (Å²) in [5, 5.41) is 0. The van der Waals surface area contributed by atoms with E-state index in [1.807, 2.05) is 24.3 Å². The molecule has 4 rings (SSSR count). The highest BCUT2D eigenvalue weighted by molar-refractivity contribution is 5.59. The van der Waals surface area contributed by atoms with Crippen molar-refractivity contribution in [1.29, 1.82) is 0 Å². The maximum Gasteiger partial charge on any atom is 0.255 e. The molecule has 0 bridgehead atoms. The van der Waals surface area contributed by atoms with E-state index in [4.69, 9.17) is 9.72 Å². The fraction of sp³-hybridized carbons (Fsp3) is 0.348. The zero-order chi connectivity index (χ0) is 20.2. The Morgan fingerprint density at radius 1 is 1.21 bits per heavy atom. The molecule has 3 heterocycles. The van der Waals surface area contributed by atoms with Crippen molar-refractivity contribution in [3.63, 3.8) is 0 Å². The van der Waals surface area contributed by atoms with Gasteiger partial charge in [0.1, 0.15) is 5.75 Å². The molecule has 0 N–H and O–H groups in total. The van der Waals surface area contributed by atoms with Gasteiger partial charge in [0.15, 0.2) is 0 Å². The molecule has 1 aromatic carbocycles. The Bertz CT molecular complexity index is 1030. The molecule has 2 aromatic heterocycles. The molecule has 0 aliphatic carbocycles. The third-order valence-electron chi connectivity index (χ3n) is 5.50. The van der Waals surface area contributed by atoms with Crippen LogP contribution in [-0.4, -0.2) is 34.2 Å². The molecular weight excluding hydrogens is 364 g/mol.